The van der Waals surface area contributed by atoms with E-state index in [9.17, 15) is 19.8 Å². The van der Waals surface area contributed by atoms with E-state index in [1.807, 2.05) is 0 Å². The molecule has 2 bridgehead atoms. The molecule has 0 aromatic heterocycles. The van der Waals surface area contributed by atoms with E-state index in [4.69, 9.17) is 0 Å². The van der Waals surface area contributed by atoms with Crippen molar-refractivity contribution in [2.75, 3.05) is 0 Å². The normalized spacial score (nSPS) is 42.2. The molecule has 2 aliphatic rings. The van der Waals surface area contributed by atoms with Gasteiger partial charge in [-0.1, -0.05) is 0 Å². The minimum atomic E-state index is -1.22. The SMILES string of the molecule is O=C([O-])[C@@H]1C2CCC(C2)[C@@H]1C(=O)[O-]. The van der Waals surface area contributed by atoms with Crippen LogP contribution in [0.15, 0.2) is 0 Å². The van der Waals surface area contributed by atoms with Crippen molar-refractivity contribution in [3.8, 4) is 0 Å². The molecule has 0 aromatic rings. The minimum absolute atomic E-state index is 0.0119. The second kappa shape index (κ2) is 2.72. The van der Waals surface area contributed by atoms with Crippen molar-refractivity contribution in [3.63, 3.8) is 0 Å². The van der Waals surface area contributed by atoms with Crippen LogP contribution >= 0.6 is 0 Å². The molecule has 13 heavy (non-hydrogen) atoms. The molecule has 2 saturated carbocycles. The lowest BCUT2D eigenvalue weighted by Crippen LogP contribution is -2.46. The molecule has 2 rings (SSSR count). The number of carbonyl (C=O) groups is 2. The van der Waals surface area contributed by atoms with Crippen LogP contribution in [0.2, 0.25) is 0 Å². The quantitative estimate of drug-likeness (QED) is 0.502. The van der Waals surface area contributed by atoms with Crippen LogP contribution in [-0.2, 0) is 9.59 Å². The van der Waals surface area contributed by atoms with Crippen molar-refractivity contribution in [1.82, 2.24) is 0 Å². The third-order valence-electron chi connectivity index (χ3n) is 3.46. The van der Waals surface area contributed by atoms with Crippen molar-refractivity contribution >= 4 is 11.9 Å². The fourth-order valence-electron chi connectivity index (χ4n) is 2.97. The summed E-state index contributed by atoms with van der Waals surface area (Å²) in [5.41, 5.74) is 0. The average Bonchev–Trinajstić information content (AvgIpc) is 2.60. The molecular formula is C9H10O4-2. The van der Waals surface area contributed by atoms with Gasteiger partial charge in [0.25, 0.3) is 0 Å². The molecule has 4 nitrogen and oxygen atoms in total. The van der Waals surface area contributed by atoms with Gasteiger partial charge in [-0.25, -0.2) is 0 Å². The summed E-state index contributed by atoms with van der Waals surface area (Å²) < 4.78 is 0. The molecule has 0 aromatic carbocycles. The van der Waals surface area contributed by atoms with Gasteiger partial charge < -0.3 is 19.8 Å². The first kappa shape index (κ1) is 8.53. The number of hydrogen-bond donors (Lipinski definition) is 0. The molecular weight excluding hydrogens is 172 g/mol. The molecule has 2 fully saturated rings. The Bertz CT molecular complexity index is 234. The minimum Gasteiger partial charge on any atom is -0.550 e. The smallest absolute Gasteiger partial charge is 0.0454 e. The zero-order valence-electron chi connectivity index (χ0n) is 7.06. The molecule has 0 radical (unpaired) electrons. The van der Waals surface area contributed by atoms with E-state index >= 15 is 0 Å². The Morgan fingerprint density at radius 1 is 0.923 bits per heavy atom. The highest BCUT2D eigenvalue weighted by Gasteiger charge is 2.48. The maximum Gasteiger partial charge on any atom is 0.0454 e. The first-order valence-electron chi connectivity index (χ1n) is 4.53. The van der Waals surface area contributed by atoms with Crippen LogP contribution in [0.25, 0.3) is 0 Å². The Labute approximate surface area is 75.6 Å². The highest BCUT2D eigenvalue weighted by Crippen LogP contribution is 2.51. The maximum atomic E-state index is 10.7. The van der Waals surface area contributed by atoms with E-state index in [2.05, 4.69) is 0 Å². The van der Waals surface area contributed by atoms with E-state index in [0.717, 1.165) is 19.3 Å². The lowest BCUT2D eigenvalue weighted by atomic mass is 9.79. The Morgan fingerprint density at radius 3 is 1.62 bits per heavy atom. The molecule has 72 valence electrons. The molecule has 0 spiro atoms. The highest BCUT2D eigenvalue weighted by molar-refractivity contribution is 5.79. The van der Waals surface area contributed by atoms with Gasteiger partial charge in [0, 0.05) is 23.8 Å². The van der Waals surface area contributed by atoms with Crippen molar-refractivity contribution in [1.29, 1.82) is 0 Å². The second-order valence-corrected chi connectivity index (χ2v) is 4.02. The van der Waals surface area contributed by atoms with Crippen molar-refractivity contribution < 1.29 is 19.8 Å². The van der Waals surface area contributed by atoms with Gasteiger partial charge in [-0.3, -0.25) is 0 Å². The Kier molecular flexibility index (Phi) is 1.78. The summed E-state index contributed by atoms with van der Waals surface area (Å²) in [7, 11) is 0. The molecule has 0 heterocycles. The van der Waals surface area contributed by atoms with Gasteiger partial charge in [0.2, 0.25) is 0 Å². The Morgan fingerprint density at radius 2 is 1.31 bits per heavy atom. The van der Waals surface area contributed by atoms with Gasteiger partial charge in [-0.15, -0.1) is 0 Å². The topological polar surface area (TPSA) is 80.3 Å². The molecule has 0 saturated heterocycles. The fourth-order valence-corrected chi connectivity index (χ4v) is 2.97. The number of carboxylic acids is 2. The van der Waals surface area contributed by atoms with Crippen LogP contribution in [0.1, 0.15) is 19.3 Å². The summed E-state index contributed by atoms with van der Waals surface area (Å²) >= 11 is 0. The first-order valence-corrected chi connectivity index (χ1v) is 4.53. The molecule has 2 aliphatic carbocycles. The summed E-state index contributed by atoms with van der Waals surface area (Å²) in [6.07, 6.45) is 2.37. The Balaban J connectivity index is 2.24. The fraction of sp³-hybridized carbons (Fsp3) is 0.778. The van der Waals surface area contributed by atoms with Crippen molar-refractivity contribution in [3.05, 3.63) is 0 Å². The van der Waals surface area contributed by atoms with E-state index in [-0.39, 0.29) is 11.8 Å². The van der Waals surface area contributed by atoms with Gasteiger partial charge >= 0.3 is 0 Å². The van der Waals surface area contributed by atoms with Crippen LogP contribution < -0.4 is 10.2 Å². The van der Waals surface area contributed by atoms with Crippen molar-refractivity contribution in [2.24, 2.45) is 23.7 Å². The average molecular weight is 182 g/mol. The number of aliphatic carboxylic acids is 2. The summed E-state index contributed by atoms with van der Waals surface area (Å²) in [6.45, 7) is 0. The van der Waals surface area contributed by atoms with Crippen LogP contribution in [0.3, 0.4) is 0 Å². The number of fused-ring (bicyclic) bond motifs is 2. The predicted molar refractivity (Wildman–Crippen MR) is 37.8 cm³/mol. The number of hydrogen-bond acceptors (Lipinski definition) is 4. The standard InChI is InChI=1S/C9H12O4/c10-8(11)6-4-1-2-5(3-4)7(6)9(12)13/h4-7H,1-3H2,(H,10,11)(H,12,13)/p-2/t4?,5?,6-,7+. The maximum absolute atomic E-state index is 10.7. The van der Waals surface area contributed by atoms with Crippen molar-refractivity contribution in [2.45, 2.75) is 19.3 Å². The summed E-state index contributed by atoms with van der Waals surface area (Å²) in [5.74, 6) is -4.02. The van der Waals surface area contributed by atoms with Crippen LogP contribution in [-0.4, -0.2) is 11.9 Å². The predicted octanol–water partition coefficient (Wildman–Crippen LogP) is -1.85. The lowest BCUT2D eigenvalue weighted by Gasteiger charge is -2.32. The first-order chi connectivity index (χ1) is 6.11. The Hall–Kier alpha value is -1.06. The molecule has 0 amide bonds. The second-order valence-electron chi connectivity index (χ2n) is 4.02. The lowest BCUT2D eigenvalue weighted by molar-refractivity contribution is -0.328. The number of rotatable bonds is 2. The highest BCUT2D eigenvalue weighted by atomic mass is 16.4. The van der Waals surface area contributed by atoms with E-state index in [1.165, 1.54) is 0 Å². The third kappa shape index (κ3) is 1.12. The van der Waals surface area contributed by atoms with Gasteiger partial charge in [-0.05, 0) is 31.1 Å². The number of carboxylic acid groups (broad SMARTS) is 2. The monoisotopic (exact) mass is 182 g/mol. The largest absolute Gasteiger partial charge is 0.550 e. The van der Waals surface area contributed by atoms with Gasteiger partial charge in [0.05, 0.1) is 0 Å². The molecule has 0 aliphatic heterocycles. The molecule has 0 N–H and O–H groups in total. The van der Waals surface area contributed by atoms with Gasteiger partial charge in [0.1, 0.15) is 0 Å². The third-order valence-corrected chi connectivity index (χ3v) is 3.46. The van der Waals surface area contributed by atoms with Crippen LogP contribution in [0.4, 0.5) is 0 Å². The number of carbonyl (C=O) groups excluding carboxylic acids is 2. The summed E-state index contributed by atoms with van der Waals surface area (Å²) in [4.78, 5) is 21.4. The summed E-state index contributed by atoms with van der Waals surface area (Å²) in [5, 5.41) is 21.4. The molecule has 2 unspecified atom stereocenters. The van der Waals surface area contributed by atoms with E-state index < -0.39 is 23.8 Å². The summed E-state index contributed by atoms with van der Waals surface area (Å²) in [6, 6.07) is 0. The molecule has 4 atom stereocenters. The van der Waals surface area contributed by atoms with Gasteiger partial charge in [0.15, 0.2) is 0 Å². The van der Waals surface area contributed by atoms with E-state index in [0.29, 0.717) is 0 Å². The van der Waals surface area contributed by atoms with Crippen LogP contribution in [0.5, 0.6) is 0 Å². The zero-order valence-corrected chi connectivity index (χ0v) is 7.06. The zero-order chi connectivity index (χ0) is 9.59. The van der Waals surface area contributed by atoms with Gasteiger partial charge in [-0.2, -0.15) is 0 Å². The molecule has 4 heteroatoms. The van der Waals surface area contributed by atoms with E-state index in [1.54, 1.807) is 0 Å². The van der Waals surface area contributed by atoms with Crippen LogP contribution in [0, 0.1) is 23.7 Å².